The molecule has 0 aliphatic carbocycles. The number of fused-ring (bicyclic) bond motifs is 13. The number of nitrogens with zero attached hydrogens (tertiary/aromatic N) is 6. The molecule has 0 aliphatic rings. The largest absolute Gasteiger partial charge is 0.297 e. The van der Waals surface area contributed by atoms with E-state index in [2.05, 4.69) is 502 Å². The van der Waals surface area contributed by atoms with E-state index in [4.69, 9.17) is 15.0 Å². The quantitative estimate of drug-likeness (QED) is 0.0716. The molecule has 27 aromatic rings. The fraction of sp³-hybridized carbons (Fsp3) is 0.0373. The second kappa shape index (κ2) is 33.2. The molecule has 656 valence electrons. The van der Waals surface area contributed by atoms with Crippen LogP contribution < -0.4 is 0 Å². The molecule has 0 N–H and O–H groups in total. The van der Waals surface area contributed by atoms with Crippen LogP contribution in [0.3, 0.4) is 0 Å². The minimum absolute atomic E-state index is 0.724. The van der Waals surface area contributed by atoms with E-state index in [1.165, 1.54) is 164 Å². The zero-order chi connectivity index (χ0) is 92.7. The highest BCUT2D eigenvalue weighted by atomic mass is 15.1. The van der Waals surface area contributed by atoms with Crippen molar-refractivity contribution in [2.24, 2.45) is 0 Å². The van der Waals surface area contributed by atoms with Gasteiger partial charge in [-0.1, -0.05) is 390 Å². The number of benzene rings is 24. The first-order chi connectivity index (χ1) is 69.3. The lowest BCUT2D eigenvalue weighted by molar-refractivity contribution is 0.908. The zero-order valence-corrected chi connectivity index (χ0v) is 77.6. The predicted octanol–water partition coefficient (Wildman–Crippen LogP) is 35.9. The van der Waals surface area contributed by atoms with Gasteiger partial charge in [-0.15, -0.1) is 0 Å². The monoisotopic (exact) mass is 1780 g/mol. The Hall–Kier alpha value is -18.0. The first-order valence-electron chi connectivity index (χ1n) is 48.7. The molecule has 0 amide bonds. The summed E-state index contributed by atoms with van der Waals surface area (Å²) >= 11 is 0. The number of aryl methyl sites for hydroxylation is 3. The summed E-state index contributed by atoms with van der Waals surface area (Å²) in [6.45, 7) is 6.51. The molecule has 0 spiro atoms. The van der Waals surface area contributed by atoms with Crippen LogP contribution in [0.15, 0.2) is 467 Å². The van der Waals surface area contributed by atoms with E-state index in [-0.39, 0.29) is 0 Å². The summed E-state index contributed by atoms with van der Waals surface area (Å²) in [6.07, 6.45) is 1.53. The summed E-state index contributed by atoms with van der Waals surface area (Å²) in [7, 11) is 0. The van der Waals surface area contributed by atoms with Crippen molar-refractivity contribution in [1.29, 1.82) is 0 Å². The van der Waals surface area contributed by atoms with Crippen LogP contribution in [0.1, 0.15) is 31.3 Å². The second-order valence-electron chi connectivity index (χ2n) is 37.2. The molecule has 3 heterocycles. The molecule has 0 radical (unpaired) electrons. The molecule has 0 saturated carbocycles. The fourth-order valence-corrected chi connectivity index (χ4v) is 23.2. The van der Waals surface area contributed by atoms with E-state index in [0.717, 1.165) is 136 Å². The molecule has 27 rings (SSSR count). The minimum Gasteiger partial charge on any atom is -0.297 e. The number of imidazole rings is 3. The predicted molar refractivity (Wildman–Crippen MR) is 591 cm³/mol. The molecule has 140 heavy (non-hydrogen) atoms. The second-order valence-corrected chi connectivity index (χ2v) is 37.2. The van der Waals surface area contributed by atoms with Gasteiger partial charge in [0.25, 0.3) is 0 Å². The molecule has 24 aromatic carbocycles. The molecule has 0 fully saturated rings. The van der Waals surface area contributed by atoms with Gasteiger partial charge < -0.3 is 0 Å². The van der Waals surface area contributed by atoms with Gasteiger partial charge in [-0.05, 0) is 312 Å². The number of hydrogen-bond donors (Lipinski definition) is 0. The number of rotatable bonds is 16. The van der Waals surface area contributed by atoms with Crippen LogP contribution in [0.25, 0.3) is 270 Å². The maximum atomic E-state index is 5.66. The van der Waals surface area contributed by atoms with Gasteiger partial charge in [0.1, 0.15) is 17.5 Å². The topological polar surface area (TPSA) is 53.5 Å². The number of hydrogen-bond acceptors (Lipinski definition) is 3. The van der Waals surface area contributed by atoms with E-state index in [1.54, 1.807) is 0 Å². The highest BCUT2D eigenvalue weighted by Gasteiger charge is 2.27. The van der Waals surface area contributed by atoms with Crippen LogP contribution in [-0.2, 0) is 12.8 Å². The molecule has 6 nitrogen and oxygen atoms in total. The SMILES string of the molecule is CCc1nc2ccccc2n1-c1ccc(-c2c3ccccc3c(-c3ccc(-c4cccc5ccccc45)cc3)c3ccc(-c4ccc5c(-c6cc7ccccc7c7ccccc67)c6ccccc6c(-c6ccc(-n7c(CC)nc8c(-c9ccc(-c%10ccc(-c%11c%12ccccc%12c(-c%12ccc(-n%13c(C)nc%14ccccc%14%13)cc%12)c%12ccccc%11%12)cc%10)c(-c%10ccccc%10)c9)cccc87)cc6)c5c4)cc23)cc1. The van der Waals surface area contributed by atoms with Crippen molar-refractivity contribution in [3.05, 3.63) is 485 Å². The van der Waals surface area contributed by atoms with Gasteiger partial charge in [0.15, 0.2) is 0 Å². The normalized spacial score (nSPS) is 11.9. The van der Waals surface area contributed by atoms with Gasteiger partial charge in [-0.2, -0.15) is 0 Å². The van der Waals surface area contributed by atoms with Crippen LogP contribution in [-0.4, -0.2) is 28.7 Å². The Labute approximate surface area is 810 Å². The molecule has 6 heteroatoms. The lowest BCUT2D eigenvalue weighted by Crippen LogP contribution is -2.00. The standard InChI is InChI=1S/C134H90N6/c1-4-126-136-122-49-24-26-51-124(122)139(126)98-72-63-91(64-73-98)131-112-43-20-19-42-111(112)130(89-57-53-86(54-58-89)101-46-27-33-84-31-9-11-34-100(84)101)115-77-67-93(79-119(115)131)94-68-78-116-120(80-94)132(113-44-21-22-45-114(113)133(116)118-82-95-32-10-12-35-102(95)105-36-13-14-37-106(105)118)92-65-74-99(75-66-92)140-125-52-28-47-104(134(125)137-127(140)5-2)96-69-76-103(117(81-96)85-29-7-6-8-30-85)87-55-59-88(60-56-87)128-107-38-15-17-40-109(107)129(110-41-18-16-39-108(110)128)90-61-70-97(71-62-90)138-83(3)135-121-48-23-25-50-123(121)138/h6-82H,4-5H2,1-3H3. The van der Waals surface area contributed by atoms with E-state index in [9.17, 15) is 0 Å². The first kappa shape index (κ1) is 81.6. The molecular weight excluding hydrogens is 1690 g/mol. The van der Waals surface area contributed by atoms with Gasteiger partial charge in [0.2, 0.25) is 0 Å². The molecule has 0 unspecified atom stereocenters. The van der Waals surface area contributed by atoms with Gasteiger partial charge in [-0.25, -0.2) is 15.0 Å². The Kier molecular flexibility index (Phi) is 19.4. The van der Waals surface area contributed by atoms with E-state index in [1.807, 2.05) is 0 Å². The third kappa shape index (κ3) is 13.3. The van der Waals surface area contributed by atoms with Crippen LogP contribution in [0.2, 0.25) is 0 Å². The van der Waals surface area contributed by atoms with E-state index >= 15 is 0 Å². The van der Waals surface area contributed by atoms with Crippen LogP contribution in [0.5, 0.6) is 0 Å². The van der Waals surface area contributed by atoms with Gasteiger partial charge in [0, 0.05) is 35.5 Å². The fourth-order valence-electron chi connectivity index (χ4n) is 23.2. The highest BCUT2D eigenvalue weighted by molar-refractivity contribution is 6.28. The van der Waals surface area contributed by atoms with Crippen LogP contribution in [0, 0.1) is 6.92 Å². The van der Waals surface area contributed by atoms with Crippen LogP contribution >= 0.6 is 0 Å². The summed E-state index contributed by atoms with van der Waals surface area (Å²) < 4.78 is 6.97. The van der Waals surface area contributed by atoms with Crippen molar-refractivity contribution in [3.8, 4) is 139 Å². The molecule has 3 aromatic heterocycles. The van der Waals surface area contributed by atoms with Crippen LogP contribution in [0.4, 0.5) is 0 Å². The lowest BCUT2D eigenvalue weighted by Gasteiger charge is -2.21. The summed E-state index contributed by atoms with van der Waals surface area (Å²) in [6, 6.07) is 174. The lowest BCUT2D eigenvalue weighted by atomic mass is 9.82. The van der Waals surface area contributed by atoms with E-state index in [0.29, 0.717) is 0 Å². The Morgan fingerprint density at radius 3 is 1.06 bits per heavy atom. The third-order valence-electron chi connectivity index (χ3n) is 29.5. The zero-order valence-electron chi connectivity index (χ0n) is 77.6. The Balaban J connectivity index is 0.583. The molecule has 0 aliphatic heterocycles. The van der Waals surface area contributed by atoms with Gasteiger partial charge in [0.05, 0.1) is 33.1 Å². The van der Waals surface area contributed by atoms with Crippen molar-refractivity contribution < 1.29 is 0 Å². The summed E-state index contributed by atoms with van der Waals surface area (Å²) in [5.74, 6) is 2.99. The van der Waals surface area contributed by atoms with Gasteiger partial charge >= 0.3 is 0 Å². The van der Waals surface area contributed by atoms with Crippen molar-refractivity contribution in [2.45, 2.75) is 33.6 Å². The summed E-state index contributed by atoms with van der Waals surface area (Å²) in [4.78, 5) is 15.7. The van der Waals surface area contributed by atoms with Crippen molar-refractivity contribution in [2.75, 3.05) is 0 Å². The van der Waals surface area contributed by atoms with Crippen molar-refractivity contribution in [1.82, 2.24) is 28.7 Å². The maximum Gasteiger partial charge on any atom is 0.114 e. The molecule has 0 atom stereocenters. The number of aromatic nitrogens is 6. The maximum absolute atomic E-state index is 5.66. The Bertz CT molecular complexity index is 9680. The van der Waals surface area contributed by atoms with E-state index < -0.39 is 0 Å². The van der Waals surface area contributed by atoms with Crippen molar-refractivity contribution in [3.63, 3.8) is 0 Å². The number of para-hydroxylation sites is 5. The molecule has 0 bridgehead atoms. The summed E-state index contributed by atoms with van der Waals surface area (Å²) in [5, 5.41) is 21.7. The average molecular weight is 1780 g/mol. The minimum atomic E-state index is 0.724. The smallest absolute Gasteiger partial charge is 0.114 e. The third-order valence-corrected chi connectivity index (χ3v) is 29.5. The molecule has 0 saturated heterocycles. The average Bonchev–Trinajstić information content (AvgIpc) is 0.777. The molecular formula is C134H90N6. The Morgan fingerprint density at radius 1 is 0.179 bits per heavy atom. The Morgan fingerprint density at radius 2 is 0.521 bits per heavy atom. The summed E-state index contributed by atoms with van der Waals surface area (Å²) in [5.41, 5.74) is 35.1. The first-order valence-corrected chi connectivity index (χ1v) is 48.7. The highest BCUT2D eigenvalue weighted by Crippen LogP contribution is 2.53. The van der Waals surface area contributed by atoms with Crippen molar-refractivity contribution >= 4 is 130 Å². The van der Waals surface area contributed by atoms with Gasteiger partial charge in [-0.3, -0.25) is 13.7 Å².